The minimum Gasteiger partial charge on any atom is -0.394 e. The lowest BCUT2D eigenvalue weighted by Gasteiger charge is -2.31. The number of ether oxygens (including phenoxy) is 1. The molecule has 0 bridgehead atoms. The summed E-state index contributed by atoms with van der Waals surface area (Å²) in [6.07, 6.45) is 0.319. The largest absolute Gasteiger partial charge is 0.394 e. The lowest BCUT2D eigenvalue weighted by Crippen LogP contribution is -2.62. The number of anilines is 1. The van der Waals surface area contributed by atoms with Crippen molar-refractivity contribution in [2.24, 2.45) is 17.4 Å². The molecule has 0 radical (unpaired) electrons. The molecule has 16 N–H and O–H groups in total. The number of amides is 11. The van der Waals surface area contributed by atoms with Gasteiger partial charge in [-0.15, -0.1) is 0 Å². The zero-order valence-corrected chi connectivity index (χ0v) is 64.4. The van der Waals surface area contributed by atoms with Gasteiger partial charge in [-0.05, 0) is 113 Å². The molecule has 11 amide bonds. The van der Waals surface area contributed by atoms with E-state index in [9.17, 15) is 43.5 Å². The summed E-state index contributed by atoms with van der Waals surface area (Å²) in [4.78, 5) is 164. The molecule has 29 nitrogen and oxygen atoms in total. The Hall–Kier alpha value is -11.0. The standard InChI is InChI=1S/C81H105ClN16O13/c1-49(2)41-63(72(102)89-62(21-13-35-86-81(84)85)80(110)98-36-14-22-70(98)79(109)87-50(3)71(83)101)90-73(103)65(43-53-23-25-56(26-24-53)47-97-37-39-111-40-38-97)92-75(105)67(45-55-29-33-60(34-30-55)96(5)6)94-78(108)69(48-99)95-76(106)64(42-52-15-8-7-9-16-52)91-74(104)66(44-54-27-31-59(82)32-28-54)93-77(107)68(88-51(4)100)46-58-19-12-18-57-17-10-11-20-61(57)58/h7-12,15-20,23-34,49-50,62-70,99H,13-14,21-22,35-48H2,1-6H3,(H2,83,101)(H,87,109)(H,88,100)(H,89,102)(H,90,103)(H,91,104)(H,92,105)(H,93,107)(H,94,108)(H,95,106)(H4,84,85,86)/t50-,62+,63+,64-,65-,66-,67+,68-,69+,70+/m1/s1. The van der Waals surface area contributed by atoms with E-state index in [1.807, 2.05) is 99.6 Å². The zero-order valence-electron chi connectivity index (χ0n) is 63.7. The second-order valence-electron chi connectivity index (χ2n) is 28.8. The van der Waals surface area contributed by atoms with Crippen LogP contribution in [-0.2, 0) is 96.1 Å². The van der Waals surface area contributed by atoms with Crippen molar-refractivity contribution in [2.45, 2.75) is 159 Å². The zero-order chi connectivity index (χ0) is 80.3. The SMILES string of the molecule is CC(=O)N[C@H](Cc1cccc2ccccc12)C(=O)N[C@H](Cc1ccc(Cl)cc1)C(=O)N[C@H](Cc1ccccc1)C(=O)N[C@@H](CO)C(=O)N[C@@H](Cc1ccc(N(C)C)cc1)C(=O)N[C@H](Cc1ccc(CN2CCOCC2)cc1)C(=O)N[C@@H](CC(C)C)C(=O)N[C@@H](CCCNC(=N)N)C(=O)N1CCC[C@H]1C(=O)N[C@H](C)C(N)=O. The third-order valence-electron chi connectivity index (χ3n) is 19.4. The molecular formula is C81H105ClN16O13. The summed E-state index contributed by atoms with van der Waals surface area (Å²) in [7, 11) is 3.69. The lowest BCUT2D eigenvalue weighted by molar-refractivity contribution is -0.142. The summed E-state index contributed by atoms with van der Waals surface area (Å²) >= 11 is 6.29. The van der Waals surface area contributed by atoms with Crippen molar-refractivity contribution in [1.29, 1.82) is 5.41 Å². The maximum Gasteiger partial charge on any atom is 0.245 e. The Kier molecular flexibility index (Phi) is 32.6. The molecule has 0 saturated carbocycles. The van der Waals surface area contributed by atoms with Gasteiger partial charge in [0.1, 0.15) is 60.4 Å². The van der Waals surface area contributed by atoms with Crippen molar-refractivity contribution in [1.82, 2.24) is 63.0 Å². The molecular weight excluding hydrogens is 1440 g/mol. The molecule has 6 aromatic rings. The van der Waals surface area contributed by atoms with Gasteiger partial charge in [0.2, 0.25) is 65.0 Å². The van der Waals surface area contributed by atoms with Crippen LogP contribution in [-0.4, -0.2) is 206 Å². The van der Waals surface area contributed by atoms with Gasteiger partial charge in [0.15, 0.2) is 5.96 Å². The number of hydrogen-bond acceptors (Lipinski definition) is 16. The van der Waals surface area contributed by atoms with E-state index in [2.05, 4.69) is 58.1 Å². The van der Waals surface area contributed by atoms with Crippen LogP contribution in [0.2, 0.25) is 5.02 Å². The fraction of sp³-hybridized carbons (Fsp3) is 0.432. The minimum absolute atomic E-state index is 0.00232. The topological polar surface area (TPSA) is 423 Å². The maximum atomic E-state index is 15.4. The third kappa shape index (κ3) is 26.6. The Morgan fingerprint density at radius 1 is 0.541 bits per heavy atom. The lowest BCUT2D eigenvalue weighted by atomic mass is 9.97. The van der Waals surface area contributed by atoms with Gasteiger partial charge >= 0.3 is 0 Å². The number of fused-ring (bicyclic) bond motifs is 1. The Bertz CT molecular complexity index is 4180. The van der Waals surface area contributed by atoms with Crippen LogP contribution in [0.15, 0.2) is 146 Å². The number of rotatable bonds is 39. The Morgan fingerprint density at radius 2 is 1.00 bits per heavy atom. The van der Waals surface area contributed by atoms with E-state index in [0.717, 1.165) is 40.7 Å². The van der Waals surface area contributed by atoms with Crippen molar-refractivity contribution in [3.05, 3.63) is 184 Å². The predicted octanol–water partition coefficient (Wildman–Crippen LogP) is 2.09. The second-order valence-corrected chi connectivity index (χ2v) is 29.3. The number of nitrogens with zero attached hydrogens (tertiary/aromatic N) is 3. The molecule has 2 aliphatic rings. The van der Waals surface area contributed by atoms with Crippen molar-refractivity contribution >= 4 is 99.0 Å². The first-order valence-corrected chi connectivity index (χ1v) is 37.9. The average Bonchev–Trinajstić information content (AvgIpc) is 1.24. The fourth-order valence-electron chi connectivity index (χ4n) is 13.4. The molecule has 8 rings (SSSR count). The molecule has 2 fully saturated rings. The molecule has 0 spiro atoms. The van der Waals surface area contributed by atoms with Gasteiger partial charge in [-0.3, -0.25) is 63.0 Å². The summed E-state index contributed by atoms with van der Waals surface area (Å²) in [5, 5.41) is 48.5. The third-order valence-corrected chi connectivity index (χ3v) is 19.7. The minimum atomic E-state index is -1.79. The van der Waals surface area contributed by atoms with E-state index < -0.39 is 132 Å². The number of hydrogen-bond donors (Lipinski definition) is 14. The highest BCUT2D eigenvalue weighted by Gasteiger charge is 2.41. The van der Waals surface area contributed by atoms with Crippen LogP contribution in [0.3, 0.4) is 0 Å². The van der Waals surface area contributed by atoms with Crippen molar-refractivity contribution in [3.8, 4) is 0 Å². The molecule has 0 unspecified atom stereocenters. The second kappa shape index (κ2) is 42.3. The molecule has 30 heteroatoms. The highest BCUT2D eigenvalue weighted by molar-refractivity contribution is 6.30. The normalized spacial score (nSPS) is 16.0. The van der Waals surface area contributed by atoms with E-state index in [1.165, 1.54) is 18.7 Å². The molecule has 2 aliphatic heterocycles. The highest BCUT2D eigenvalue weighted by Crippen LogP contribution is 2.24. The number of aliphatic hydroxyl groups excluding tert-OH is 1. The number of halogens is 1. The fourth-order valence-corrected chi connectivity index (χ4v) is 13.5. The number of carbonyl (C=O) groups excluding carboxylic acids is 11. The van der Waals surface area contributed by atoms with Crippen molar-refractivity contribution in [3.63, 3.8) is 0 Å². The number of guanidine groups is 1. The van der Waals surface area contributed by atoms with Crippen LogP contribution in [0.4, 0.5) is 5.69 Å². The van der Waals surface area contributed by atoms with E-state index in [1.54, 1.807) is 78.9 Å². The number of benzene rings is 6. The Balaban J connectivity index is 1.08. The van der Waals surface area contributed by atoms with Crippen molar-refractivity contribution < 1.29 is 62.6 Å². The quantitative estimate of drug-likeness (QED) is 0.0149. The number of carbonyl (C=O) groups is 11. The molecule has 10 atom stereocenters. The van der Waals surface area contributed by atoms with Gasteiger partial charge in [-0.2, -0.15) is 0 Å². The number of nitrogens with one attached hydrogen (secondary N) is 11. The Labute approximate surface area is 652 Å². The molecule has 2 saturated heterocycles. The number of primary amides is 1. The van der Waals surface area contributed by atoms with Crippen LogP contribution >= 0.6 is 11.6 Å². The summed E-state index contributed by atoms with van der Waals surface area (Å²) in [6, 6.07) is 29.4. The summed E-state index contributed by atoms with van der Waals surface area (Å²) in [6.45, 7) is 8.83. The van der Waals surface area contributed by atoms with Crippen LogP contribution in [0.25, 0.3) is 10.8 Å². The van der Waals surface area contributed by atoms with E-state index in [4.69, 9.17) is 33.2 Å². The van der Waals surface area contributed by atoms with Crippen LogP contribution in [0.1, 0.15) is 93.2 Å². The van der Waals surface area contributed by atoms with Gasteiger partial charge in [0.25, 0.3) is 0 Å². The molecule has 0 aliphatic carbocycles. The summed E-state index contributed by atoms with van der Waals surface area (Å²) < 4.78 is 5.56. The van der Waals surface area contributed by atoms with Crippen molar-refractivity contribution in [2.75, 3.05) is 65.0 Å². The number of morpholine rings is 1. The molecule has 594 valence electrons. The first kappa shape index (κ1) is 85.6. The monoisotopic (exact) mass is 1540 g/mol. The number of nitrogens with two attached hydrogens (primary N) is 2. The number of likely N-dealkylation sites (tertiary alicyclic amines) is 1. The van der Waals surface area contributed by atoms with Gasteiger partial charge in [0.05, 0.1) is 19.8 Å². The molecule has 6 aromatic carbocycles. The van der Waals surface area contributed by atoms with Crippen LogP contribution in [0.5, 0.6) is 0 Å². The first-order valence-electron chi connectivity index (χ1n) is 37.5. The summed E-state index contributed by atoms with van der Waals surface area (Å²) in [5.74, 6) is -9.10. The van der Waals surface area contributed by atoms with Gasteiger partial charge in [-0.1, -0.05) is 147 Å². The van der Waals surface area contributed by atoms with E-state index in [0.29, 0.717) is 53.5 Å². The van der Waals surface area contributed by atoms with Gasteiger partial charge in [0, 0.05) is 96.6 Å². The molecule has 111 heavy (non-hydrogen) atoms. The summed E-state index contributed by atoms with van der Waals surface area (Å²) in [5.41, 5.74) is 15.8. The van der Waals surface area contributed by atoms with Gasteiger partial charge < -0.3 is 84.3 Å². The molecule has 0 aromatic heterocycles. The van der Waals surface area contributed by atoms with Crippen LogP contribution < -0.4 is 69.5 Å². The number of aliphatic hydroxyl groups is 1. The Morgan fingerprint density at radius 3 is 1.52 bits per heavy atom. The van der Waals surface area contributed by atoms with E-state index in [-0.39, 0.29) is 82.8 Å². The van der Waals surface area contributed by atoms with E-state index >= 15 is 14.4 Å². The average molecular weight is 1550 g/mol. The van der Waals surface area contributed by atoms with Crippen LogP contribution in [0, 0.1) is 11.3 Å². The van der Waals surface area contributed by atoms with Gasteiger partial charge in [-0.25, -0.2) is 0 Å². The first-order chi connectivity index (χ1) is 53.1. The smallest absolute Gasteiger partial charge is 0.245 e. The highest BCUT2D eigenvalue weighted by atomic mass is 35.5. The predicted molar refractivity (Wildman–Crippen MR) is 422 cm³/mol. The maximum absolute atomic E-state index is 15.4. The molecule has 2 heterocycles.